The van der Waals surface area contributed by atoms with Crippen molar-refractivity contribution in [1.82, 2.24) is 9.88 Å². The van der Waals surface area contributed by atoms with Crippen molar-refractivity contribution in [3.63, 3.8) is 0 Å². The summed E-state index contributed by atoms with van der Waals surface area (Å²) >= 11 is 0. The molecular weight excluding hydrogens is 200 g/mol. The predicted molar refractivity (Wildman–Crippen MR) is 67.5 cm³/mol. The number of nitrogens with two attached hydrogens (primary N) is 1. The third kappa shape index (κ3) is 2.85. The first-order chi connectivity index (χ1) is 7.66. The molecule has 0 amide bonds. The van der Waals surface area contributed by atoms with Crippen LogP contribution in [0.3, 0.4) is 0 Å². The molecule has 4 nitrogen and oxygen atoms in total. The van der Waals surface area contributed by atoms with Crippen molar-refractivity contribution in [2.45, 2.75) is 25.8 Å². The Morgan fingerprint density at radius 3 is 2.94 bits per heavy atom. The minimum absolute atomic E-state index is 0.721. The van der Waals surface area contributed by atoms with E-state index in [2.05, 4.69) is 22.2 Å². The van der Waals surface area contributed by atoms with Crippen LogP contribution in [0, 0.1) is 6.92 Å². The molecule has 0 bridgehead atoms. The van der Waals surface area contributed by atoms with E-state index >= 15 is 0 Å². The highest BCUT2D eigenvalue weighted by atomic mass is 15.2. The summed E-state index contributed by atoms with van der Waals surface area (Å²) < 4.78 is 0. The fraction of sp³-hybridized carbons (Fsp3) is 0.583. The van der Waals surface area contributed by atoms with Gasteiger partial charge in [-0.2, -0.15) is 0 Å². The largest absolute Gasteiger partial charge is 0.397 e. The maximum Gasteiger partial charge on any atom is 0.129 e. The number of aryl methyl sites for hydroxylation is 1. The van der Waals surface area contributed by atoms with Crippen molar-refractivity contribution in [1.29, 1.82) is 0 Å². The van der Waals surface area contributed by atoms with Crippen molar-refractivity contribution in [2.24, 2.45) is 0 Å². The molecule has 4 heteroatoms. The number of hydrogen-bond acceptors (Lipinski definition) is 4. The van der Waals surface area contributed by atoms with Crippen molar-refractivity contribution in [2.75, 3.05) is 31.2 Å². The van der Waals surface area contributed by atoms with Crippen LogP contribution in [0.1, 0.15) is 18.4 Å². The van der Waals surface area contributed by atoms with Gasteiger partial charge in [0, 0.05) is 19.1 Å². The van der Waals surface area contributed by atoms with Gasteiger partial charge < -0.3 is 16.0 Å². The highest BCUT2D eigenvalue weighted by Gasteiger charge is 2.25. The Balaban J connectivity index is 1.80. The quantitative estimate of drug-likeness (QED) is 0.789. The van der Waals surface area contributed by atoms with E-state index in [1.54, 1.807) is 6.20 Å². The number of likely N-dealkylation sites (N-methyl/N-ethyl adjacent to an activating group) is 1. The van der Waals surface area contributed by atoms with Crippen LogP contribution in [0.15, 0.2) is 12.3 Å². The van der Waals surface area contributed by atoms with Crippen LogP contribution >= 0.6 is 0 Å². The first kappa shape index (κ1) is 11.2. The molecule has 3 N–H and O–H groups in total. The van der Waals surface area contributed by atoms with Gasteiger partial charge in [0.1, 0.15) is 5.82 Å². The molecule has 0 saturated heterocycles. The summed E-state index contributed by atoms with van der Waals surface area (Å²) in [4.78, 5) is 6.68. The van der Waals surface area contributed by atoms with Gasteiger partial charge in [-0.15, -0.1) is 0 Å². The molecule has 1 aliphatic carbocycles. The van der Waals surface area contributed by atoms with Gasteiger partial charge in [-0.25, -0.2) is 4.98 Å². The zero-order valence-electron chi connectivity index (χ0n) is 10.0. The summed E-state index contributed by atoms with van der Waals surface area (Å²) in [6.45, 7) is 4.03. The Morgan fingerprint density at radius 1 is 1.56 bits per heavy atom. The maximum absolute atomic E-state index is 5.65. The second kappa shape index (κ2) is 4.70. The minimum Gasteiger partial charge on any atom is -0.397 e. The van der Waals surface area contributed by atoms with E-state index in [1.807, 2.05) is 13.0 Å². The van der Waals surface area contributed by atoms with Gasteiger partial charge in [0.15, 0.2) is 0 Å². The zero-order chi connectivity index (χ0) is 11.5. The summed E-state index contributed by atoms with van der Waals surface area (Å²) in [5, 5.41) is 3.35. The van der Waals surface area contributed by atoms with Gasteiger partial charge in [-0.05, 0) is 38.4 Å². The molecule has 1 heterocycles. The monoisotopic (exact) mass is 220 g/mol. The maximum atomic E-state index is 5.65. The summed E-state index contributed by atoms with van der Waals surface area (Å²) in [6.07, 6.45) is 4.41. The first-order valence-electron chi connectivity index (χ1n) is 5.83. The molecule has 0 radical (unpaired) electrons. The fourth-order valence-electron chi connectivity index (χ4n) is 1.83. The molecule has 1 saturated carbocycles. The fourth-order valence-corrected chi connectivity index (χ4v) is 1.83. The molecule has 88 valence electrons. The van der Waals surface area contributed by atoms with Gasteiger partial charge in [-0.3, -0.25) is 0 Å². The lowest BCUT2D eigenvalue weighted by Gasteiger charge is -2.16. The number of nitrogen functional groups attached to an aromatic ring is 1. The molecule has 1 aliphatic rings. The molecule has 0 spiro atoms. The topological polar surface area (TPSA) is 54.2 Å². The molecule has 1 aromatic rings. The van der Waals surface area contributed by atoms with E-state index in [-0.39, 0.29) is 0 Å². The van der Waals surface area contributed by atoms with Crippen LogP contribution in [0.4, 0.5) is 11.5 Å². The number of anilines is 2. The molecule has 2 rings (SSSR count). The minimum atomic E-state index is 0.721. The number of nitrogens with zero attached hydrogens (tertiary/aromatic N) is 2. The Hall–Kier alpha value is -1.29. The number of rotatable bonds is 5. The molecule has 16 heavy (non-hydrogen) atoms. The summed E-state index contributed by atoms with van der Waals surface area (Å²) in [5.74, 6) is 0.943. The van der Waals surface area contributed by atoms with Gasteiger partial charge in [0.05, 0.1) is 11.9 Å². The van der Waals surface area contributed by atoms with E-state index < -0.39 is 0 Å². The molecule has 0 unspecified atom stereocenters. The molecule has 1 fully saturated rings. The van der Waals surface area contributed by atoms with E-state index in [0.717, 1.165) is 36.2 Å². The normalized spacial score (nSPS) is 15.4. The van der Waals surface area contributed by atoms with Gasteiger partial charge >= 0.3 is 0 Å². The highest BCUT2D eigenvalue weighted by Crippen LogP contribution is 2.24. The van der Waals surface area contributed by atoms with E-state index in [4.69, 9.17) is 5.73 Å². The summed E-state index contributed by atoms with van der Waals surface area (Å²) in [5.41, 5.74) is 7.48. The highest BCUT2D eigenvalue weighted by molar-refractivity contribution is 5.50. The molecular formula is C12H20N4. The lowest BCUT2D eigenvalue weighted by Crippen LogP contribution is -2.27. The van der Waals surface area contributed by atoms with Crippen LogP contribution in [-0.2, 0) is 0 Å². The molecule has 0 aliphatic heterocycles. The smallest absolute Gasteiger partial charge is 0.129 e. The molecule has 0 atom stereocenters. The molecule has 1 aromatic heterocycles. The van der Waals surface area contributed by atoms with Crippen molar-refractivity contribution < 1.29 is 0 Å². The van der Waals surface area contributed by atoms with E-state index in [9.17, 15) is 0 Å². The Labute approximate surface area is 96.8 Å². The van der Waals surface area contributed by atoms with Crippen molar-refractivity contribution in [3.05, 3.63) is 17.8 Å². The van der Waals surface area contributed by atoms with Gasteiger partial charge in [-0.1, -0.05) is 0 Å². The third-order valence-corrected chi connectivity index (χ3v) is 3.03. The lowest BCUT2D eigenvalue weighted by molar-refractivity contribution is 0.337. The third-order valence-electron chi connectivity index (χ3n) is 3.03. The van der Waals surface area contributed by atoms with Crippen LogP contribution in [0.5, 0.6) is 0 Å². The van der Waals surface area contributed by atoms with Crippen LogP contribution in [-0.4, -0.2) is 36.1 Å². The Kier molecular flexibility index (Phi) is 3.29. The number of hydrogen-bond donors (Lipinski definition) is 2. The average molecular weight is 220 g/mol. The predicted octanol–water partition coefficient (Wildman–Crippen LogP) is 1.48. The van der Waals surface area contributed by atoms with Crippen molar-refractivity contribution in [3.8, 4) is 0 Å². The number of aromatic nitrogens is 1. The summed E-state index contributed by atoms with van der Waals surface area (Å²) in [7, 11) is 2.18. The SMILES string of the molecule is Cc1cc(N)cnc1NCCN(C)C1CC1. The van der Waals surface area contributed by atoms with Crippen molar-refractivity contribution >= 4 is 11.5 Å². The van der Waals surface area contributed by atoms with Crippen LogP contribution in [0.25, 0.3) is 0 Å². The first-order valence-corrected chi connectivity index (χ1v) is 5.83. The second-order valence-electron chi connectivity index (χ2n) is 4.57. The lowest BCUT2D eigenvalue weighted by atomic mass is 10.2. The number of pyridine rings is 1. The molecule has 0 aromatic carbocycles. The van der Waals surface area contributed by atoms with Gasteiger partial charge in [0.2, 0.25) is 0 Å². The average Bonchev–Trinajstić information content (AvgIpc) is 3.04. The van der Waals surface area contributed by atoms with Crippen LogP contribution in [0.2, 0.25) is 0 Å². The van der Waals surface area contributed by atoms with E-state index in [0.29, 0.717) is 0 Å². The number of nitrogens with one attached hydrogen (secondary N) is 1. The second-order valence-corrected chi connectivity index (χ2v) is 4.57. The van der Waals surface area contributed by atoms with Crippen LogP contribution < -0.4 is 11.1 Å². The van der Waals surface area contributed by atoms with Gasteiger partial charge in [0.25, 0.3) is 0 Å². The standard InChI is InChI=1S/C12H20N4/c1-9-7-10(13)8-15-12(9)14-5-6-16(2)11-3-4-11/h7-8,11H,3-6,13H2,1-2H3,(H,14,15). The summed E-state index contributed by atoms with van der Waals surface area (Å²) in [6, 6.07) is 2.77. The zero-order valence-corrected chi connectivity index (χ0v) is 10.0. The Morgan fingerprint density at radius 2 is 2.31 bits per heavy atom. The van der Waals surface area contributed by atoms with E-state index in [1.165, 1.54) is 12.8 Å². The Bertz CT molecular complexity index is 360.